The van der Waals surface area contributed by atoms with Crippen LogP contribution in [0.5, 0.6) is 0 Å². The van der Waals surface area contributed by atoms with Crippen molar-refractivity contribution in [1.29, 1.82) is 0 Å². The molecule has 0 unspecified atom stereocenters. The van der Waals surface area contributed by atoms with Gasteiger partial charge in [0.25, 0.3) is 0 Å². The minimum absolute atomic E-state index is 0.478. The standard InChI is InChI=1S/C15H26O/c1-10-5-7-12-11(2)6-8-14(13(12)9-10)15(3,4)16/h10,12-14,16H,2,5-9H2,1,3-4H3/t10-,12+,13-,14-/m1/s1. The van der Waals surface area contributed by atoms with E-state index in [0.717, 1.165) is 18.8 Å². The predicted octanol–water partition coefficient (Wildman–Crippen LogP) is 3.78. The van der Waals surface area contributed by atoms with Crippen LogP contribution in [0.4, 0.5) is 0 Å². The summed E-state index contributed by atoms with van der Waals surface area (Å²) in [5.41, 5.74) is 0.943. The van der Waals surface area contributed by atoms with Gasteiger partial charge in [-0.15, -0.1) is 0 Å². The van der Waals surface area contributed by atoms with Crippen LogP contribution in [0.25, 0.3) is 0 Å². The molecule has 0 saturated heterocycles. The zero-order valence-corrected chi connectivity index (χ0v) is 11.0. The second kappa shape index (κ2) is 4.18. The average Bonchev–Trinajstić information content (AvgIpc) is 2.15. The van der Waals surface area contributed by atoms with Crippen molar-refractivity contribution >= 4 is 0 Å². The van der Waals surface area contributed by atoms with Crippen LogP contribution in [-0.2, 0) is 0 Å². The van der Waals surface area contributed by atoms with E-state index in [-0.39, 0.29) is 0 Å². The van der Waals surface area contributed by atoms with Gasteiger partial charge in [-0.05, 0) is 63.2 Å². The summed E-state index contributed by atoms with van der Waals surface area (Å²) < 4.78 is 0. The van der Waals surface area contributed by atoms with Crippen LogP contribution in [0.3, 0.4) is 0 Å². The van der Waals surface area contributed by atoms with Crippen LogP contribution in [0.2, 0.25) is 0 Å². The molecular weight excluding hydrogens is 196 g/mol. The Morgan fingerprint density at radius 3 is 2.56 bits per heavy atom. The molecule has 92 valence electrons. The Hall–Kier alpha value is -0.300. The van der Waals surface area contributed by atoms with E-state index in [1.807, 2.05) is 13.8 Å². The number of aliphatic hydroxyl groups is 1. The SMILES string of the molecule is C=C1CC[C@@H](C(C)(C)O)[C@@H]2C[C@H](C)CC[C@@H]12. The molecule has 1 nitrogen and oxygen atoms in total. The number of hydrogen-bond donors (Lipinski definition) is 1. The van der Waals surface area contributed by atoms with E-state index in [1.54, 1.807) is 0 Å². The van der Waals surface area contributed by atoms with Crippen molar-refractivity contribution in [3.63, 3.8) is 0 Å². The molecule has 2 rings (SSSR count). The van der Waals surface area contributed by atoms with Crippen LogP contribution in [0.15, 0.2) is 12.2 Å². The first-order valence-corrected chi connectivity index (χ1v) is 6.79. The van der Waals surface area contributed by atoms with Gasteiger partial charge >= 0.3 is 0 Å². The lowest BCUT2D eigenvalue weighted by atomic mass is 9.58. The maximum absolute atomic E-state index is 10.3. The van der Waals surface area contributed by atoms with Crippen LogP contribution >= 0.6 is 0 Å². The second-order valence-electron chi connectivity index (χ2n) is 6.65. The molecule has 0 radical (unpaired) electrons. The van der Waals surface area contributed by atoms with Crippen molar-refractivity contribution in [3.8, 4) is 0 Å². The molecular formula is C15H26O. The van der Waals surface area contributed by atoms with Crippen LogP contribution in [-0.4, -0.2) is 10.7 Å². The van der Waals surface area contributed by atoms with E-state index in [9.17, 15) is 5.11 Å². The summed E-state index contributed by atoms with van der Waals surface area (Å²) >= 11 is 0. The highest BCUT2D eigenvalue weighted by Crippen LogP contribution is 2.50. The number of rotatable bonds is 1. The quantitative estimate of drug-likeness (QED) is 0.669. The highest BCUT2D eigenvalue weighted by Gasteiger charge is 2.44. The Labute approximate surface area is 99.9 Å². The van der Waals surface area contributed by atoms with Gasteiger partial charge in [0.05, 0.1) is 5.60 Å². The largest absolute Gasteiger partial charge is 0.390 e. The first kappa shape index (κ1) is 12.2. The van der Waals surface area contributed by atoms with Gasteiger partial charge in [0.15, 0.2) is 0 Å². The summed E-state index contributed by atoms with van der Waals surface area (Å²) in [4.78, 5) is 0. The molecule has 0 aromatic heterocycles. The molecule has 0 aliphatic heterocycles. The number of fused-ring (bicyclic) bond motifs is 1. The summed E-state index contributed by atoms with van der Waals surface area (Å²) in [5.74, 6) is 2.69. The van der Waals surface area contributed by atoms with Gasteiger partial charge in [0.2, 0.25) is 0 Å². The van der Waals surface area contributed by atoms with Gasteiger partial charge in [-0.1, -0.05) is 25.5 Å². The minimum Gasteiger partial charge on any atom is -0.390 e. The van der Waals surface area contributed by atoms with E-state index in [4.69, 9.17) is 0 Å². The molecule has 0 heterocycles. The minimum atomic E-state index is -0.513. The predicted molar refractivity (Wildman–Crippen MR) is 68.2 cm³/mol. The summed E-state index contributed by atoms with van der Waals surface area (Å²) in [7, 11) is 0. The molecule has 16 heavy (non-hydrogen) atoms. The molecule has 0 aromatic rings. The van der Waals surface area contributed by atoms with Gasteiger partial charge in [-0.2, -0.15) is 0 Å². The van der Waals surface area contributed by atoms with Crippen LogP contribution in [0.1, 0.15) is 52.9 Å². The topological polar surface area (TPSA) is 20.2 Å². The van der Waals surface area contributed by atoms with Crippen molar-refractivity contribution in [1.82, 2.24) is 0 Å². The zero-order valence-electron chi connectivity index (χ0n) is 11.0. The van der Waals surface area contributed by atoms with Gasteiger partial charge in [-0.25, -0.2) is 0 Å². The first-order valence-electron chi connectivity index (χ1n) is 6.79. The molecule has 2 aliphatic carbocycles. The maximum atomic E-state index is 10.3. The Morgan fingerprint density at radius 2 is 1.94 bits per heavy atom. The van der Waals surface area contributed by atoms with Gasteiger partial charge in [0.1, 0.15) is 0 Å². The fraction of sp³-hybridized carbons (Fsp3) is 0.867. The maximum Gasteiger partial charge on any atom is 0.0622 e. The van der Waals surface area contributed by atoms with E-state index in [2.05, 4.69) is 13.5 Å². The molecule has 0 spiro atoms. The van der Waals surface area contributed by atoms with Gasteiger partial charge in [-0.3, -0.25) is 0 Å². The summed E-state index contributed by atoms with van der Waals surface area (Å²) in [6.45, 7) is 10.6. The highest BCUT2D eigenvalue weighted by molar-refractivity contribution is 5.11. The summed E-state index contributed by atoms with van der Waals surface area (Å²) in [5, 5.41) is 10.3. The molecule has 0 bridgehead atoms. The van der Waals surface area contributed by atoms with Crippen molar-refractivity contribution in [2.45, 2.75) is 58.5 Å². The molecule has 2 saturated carbocycles. The molecule has 2 aliphatic rings. The smallest absolute Gasteiger partial charge is 0.0622 e. The van der Waals surface area contributed by atoms with Crippen molar-refractivity contribution in [2.24, 2.45) is 23.7 Å². The van der Waals surface area contributed by atoms with Crippen LogP contribution < -0.4 is 0 Å². The Balaban J connectivity index is 2.19. The lowest BCUT2D eigenvalue weighted by molar-refractivity contribution is -0.0486. The van der Waals surface area contributed by atoms with Crippen molar-refractivity contribution in [2.75, 3.05) is 0 Å². The van der Waals surface area contributed by atoms with Crippen molar-refractivity contribution in [3.05, 3.63) is 12.2 Å². The third-order valence-corrected chi connectivity index (χ3v) is 4.89. The lowest BCUT2D eigenvalue weighted by Crippen LogP contribution is -2.44. The lowest BCUT2D eigenvalue weighted by Gasteiger charge is -2.48. The van der Waals surface area contributed by atoms with E-state index in [1.165, 1.54) is 24.8 Å². The average molecular weight is 222 g/mol. The van der Waals surface area contributed by atoms with Crippen LogP contribution in [0, 0.1) is 23.7 Å². The monoisotopic (exact) mass is 222 g/mol. The van der Waals surface area contributed by atoms with E-state index in [0.29, 0.717) is 17.8 Å². The second-order valence-corrected chi connectivity index (χ2v) is 6.65. The molecule has 4 atom stereocenters. The molecule has 0 amide bonds. The third kappa shape index (κ3) is 2.20. The number of allylic oxidation sites excluding steroid dienone is 1. The molecule has 0 aromatic carbocycles. The normalized spacial score (nSPS) is 40.6. The van der Waals surface area contributed by atoms with Gasteiger partial charge < -0.3 is 5.11 Å². The first-order chi connectivity index (χ1) is 7.39. The third-order valence-electron chi connectivity index (χ3n) is 4.89. The molecule has 2 fully saturated rings. The van der Waals surface area contributed by atoms with E-state index >= 15 is 0 Å². The van der Waals surface area contributed by atoms with E-state index < -0.39 is 5.60 Å². The number of hydrogen-bond acceptors (Lipinski definition) is 1. The van der Waals surface area contributed by atoms with Crippen molar-refractivity contribution < 1.29 is 5.11 Å². The Bertz CT molecular complexity index is 274. The summed E-state index contributed by atoms with van der Waals surface area (Å²) in [6, 6.07) is 0. The summed E-state index contributed by atoms with van der Waals surface area (Å²) in [6.07, 6.45) is 6.20. The Kier molecular flexibility index (Phi) is 3.18. The molecule has 1 N–H and O–H groups in total. The zero-order chi connectivity index (χ0) is 11.9. The molecule has 1 heteroatoms. The highest BCUT2D eigenvalue weighted by atomic mass is 16.3. The fourth-order valence-electron chi connectivity index (χ4n) is 3.99. The Morgan fingerprint density at radius 1 is 1.25 bits per heavy atom. The van der Waals surface area contributed by atoms with Gasteiger partial charge in [0, 0.05) is 0 Å². The fourth-order valence-corrected chi connectivity index (χ4v) is 3.99.